The first-order chi connectivity index (χ1) is 12.0. The van der Waals surface area contributed by atoms with E-state index >= 15 is 0 Å². The average Bonchev–Trinajstić information content (AvgIpc) is 3.17. The zero-order valence-corrected chi connectivity index (χ0v) is 15.5. The Bertz CT molecular complexity index is 876. The molecule has 1 heterocycles. The monoisotopic (exact) mass is 356 g/mol. The minimum Gasteiger partial charge on any atom is -0.423 e. The Balaban J connectivity index is 1.44. The Kier molecular flexibility index (Phi) is 4.28. The van der Waals surface area contributed by atoms with Crippen molar-refractivity contribution < 1.29 is 4.42 Å². The third kappa shape index (κ3) is 3.30. The number of hydrogen-bond acceptors (Lipinski definition) is 3. The maximum absolute atomic E-state index is 11.6. The molecule has 0 amide bonds. The molecule has 4 atom stereocenters. The van der Waals surface area contributed by atoms with Crippen molar-refractivity contribution in [3.8, 4) is 0 Å². The number of fused-ring (bicyclic) bond motifs is 3. The van der Waals surface area contributed by atoms with E-state index in [0.29, 0.717) is 16.7 Å². The number of thiocarbonyl (C=S) groups is 1. The molecule has 0 aliphatic heterocycles. The van der Waals surface area contributed by atoms with Gasteiger partial charge in [-0.3, -0.25) is 0 Å². The third-order valence-electron chi connectivity index (χ3n) is 6.00. The molecule has 0 radical (unpaired) electrons. The van der Waals surface area contributed by atoms with Crippen LogP contribution in [0.3, 0.4) is 0 Å². The summed E-state index contributed by atoms with van der Waals surface area (Å²) >= 11 is 5.49. The summed E-state index contributed by atoms with van der Waals surface area (Å²) in [7, 11) is 0. The summed E-state index contributed by atoms with van der Waals surface area (Å²) in [4.78, 5) is 11.6. The maximum Gasteiger partial charge on any atom is 0.336 e. The molecule has 2 bridgehead atoms. The summed E-state index contributed by atoms with van der Waals surface area (Å²) in [5.41, 5.74) is 2.01. The lowest BCUT2D eigenvalue weighted by Gasteiger charge is -2.29. The van der Waals surface area contributed by atoms with E-state index in [1.165, 1.54) is 31.7 Å². The number of rotatable bonds is 3. The second-order valence-electron chi connectivity index (χ2n) is 7.69. The first-order valence-electron chi connectivity index (χ1n) is 9.11. The molecule has 2 saturated carbocycles. The van der Waals surface area contributed by atoms with Crippen LogP contribution in [0.5, 0.6) is 0 Å². The SMILES string of the molecule is Cc1cc(=O)oc2cc(NC(=S)N[C@H](C)[C@H]3C[C@@H]4CC[C@H]3C4)ccc12. The van der Waals surface area contributed by atoms with Crippen LogP contribution in [0.25, 0.3) is 11.0 Å². The van der Waals surface area contributed by atoms with E-state index in [1.807, 2.05) is 25.1 Å². The Morgan fingerprint density at radius 1 is 1.28 bits per heavy atom. The number of aryl methyl sites for hydroxylation is 1. The lowest BCUT2D eigenvalue weighted by atomic mass is 9.84. The first-order valence-corrected chi connectivity index (χ1v) is 9.52. The van der Waals surface area contributed by atoms with Crippen molar-refractivity contribution >= 4 is 34.0 Å². The molecule has 0 saturated heterocycles. The molecule has 4 nitrogen and oxygen atoms in total. The highest BCUT2D eigenvalue weighted by molar-refractivity contribution is 7.80. The van der Waals surface area contributed by atoms with Crippen molar-refractivity contribution in [2.24, 2.45) is 17.8 Å². The molecule has 25 heavy (non-hydrogen) atoms. The molecule has 1 aromatic heterocycles. The van der Waals surface area contributed by atoms with E-state index in [4.69, 9.17) is 16.6 Å². The molecule has 4 rings (SSSR count). The van der Waals surface area contributed by atoms with Crippen molar-refractivity contribution in [3.63, 3.8) is 0 Å². The quantitative estimate of drug-likeness (QED) is 0.637. The van der Waals surface area contributed by atoms with Crippen molar-refractivity contribution in [2.45, 2.75) is 45.6 Å². The predicted molar refractivity (Wildman–Crippen MR) is 105 cm³/mol. The standard InChI is InChI=1S/C20H24N2O2S/c1-11-7-19(23)24-18-10-15(5-6-16(11)18)22-20(25)21-12(2)17-9-13-3-4-14(17)8-13/h5-7,10,12-14,17H,3-4,8-9H2,1-2H3,(H2,21,22,25)/t12-,13-,14+,17-/m1/s1. The van der Waals surface area contributed by atoms with Gasteiger partial charge in [0.1, 0.15) is 5.58 Å². The van der Waals surface area contributed by atoms with Gasteiger partial charge in [0.2, 0.25) is 0 Å². The fourth-order valence-corrected chi connectivity index (χ4v) is 5.09. The number of anilines is 1. The van der Waals surface area contributed by atoms with Crippen LogP contribution in [0.15, 0.2) is 33.5 Å². The van der Waals surface area contributed by atoms with Crippen LogP contribution in [0.2, 0.25) is 0 Å². The van der Waals surface area contributed by atoms with Crippen LogP contribution >= 0.6 is 12.2 Å². The maximum atomic E-state index is 11.6. The summed E-state index contributed by atoms with van der Waals surface area (Å²) in [6, 6.07) is 7.65. The molecule has 132 valence electrons. The van der Waals surface area contributed by atoms with Crippen molar-refractivity contribution in [3.05, 3.63) is 40.2 Å². The highest BCUT2D eigenvalue weighted by atomic mass is 32.1. The van der Waals surface area contributed by atoms with Crippen LogP contribution in [-0.2, 0) is 0 Å². The molecular weight excluding hydrogens is 332 g/mol. The lowest BCUT2D eigenvalue weighted by molar-refractivity contribution is 0.279. The molecular formula is C20H24N2O2S. The van der Waals surface area contributed by atoms with Gasteiger partial charge in [-0.05, 0) is 80.8 Å². The number of hydrogen-bond donors (Lipinski definition) is 2. The highest BCUT2D eigenvalue weighted by Gasteiger charge is 2.41. The predicted octanol–water partition coefficient (Wildman–Crippen LogP) is 4.21. The summed E-state index contributed by atoms with van der Waals surface area (Å²) in [6.45, 7) is 4.15. The van der Waals surface area contributed by atoms with Gasteiger partial charge in [-0.2, -0.15) is 0 Å². The van der Waals surface area contributed by atoms with Crippen LogP contribution in [0.1, 0.15) is 38.2 Å². The van der Waals surface area contributed by atoms with Gasteiger partial charge in [-0.1, -0.05) is 6.42 Å². The van der Waals surface area contributed by atoms with Gasteiger partial charge in [-0.25, -0.2) is 4.79 Å². The molecule has 2 aliphatic carbocycles. The molecule has 2 aromatic rings. The van der Waals surface area contributed by atoms with Gasteiger partial charge >= 0.3 is 5.63 Å². The Morgan fingerprint density at radius 2 is 2.12 bits per heavy atom. The molecule has 2 fully saturated rings. The minimum absolute atomic E-state index is 0.326. The molecule has 2 aliphatic rings. The van der Waals surface area contributed by atoms with Gasteiger partial charge in [-0.15, -0.1) is 0 Å². The van der Waals surface area contributed by atoms with Crippen molar-refractivity contribution in [1.29, 1.82) is 0 Å². The minimum atomic E-state index is -0.326. The van der Waals surface area contributed by atoms with Gasteiger partial charge in [0.15, 0.2) is 5.11 Å². The molecule has 1 aromatic carbocycles. The zero-order chi connectivity index (χ0) is 17.6. The fraction of sp³-hybridized carbons (Fsp3) is 0.500. The normalized spacial score (nSPS) is 25.9. The molecule has 0 unspecified atom stereocenters. The van der Waals surface area contributed by atoms with E-state index < -0.39 is 0 Å². The van der Waals surface area contributed by atoms with E-state index in [2.05, 4.69) is 17.6 Å². The Labute approximate surface area is 153 Å². The van der Waals surface area contributed by atoms with Crippen molar-refractivity contribution in [2.75, 3.05) is 5.32 Å². The van der Waals surface area contributed by atoms with Crippen LogP contribution in [-0.4, -0.2) is 11.2 Å². The zero-order valence-electron chi connectivity index (χ0n) is 14.7. The van der Waals surface area contributed by atoms with E-state index in [1.54, 1.807) is 0 Å². The van der Waals surface area contributed by atoms with Crippen molar-refractivity contribution in [1.82, 2.24) is 5.32 Å². The molecule has 2 N–H and O–H groups in total. The van der Waals surface area contributed by atoms with E-state index in [-0.39, 0.29) is 5.63 Å². The van der Waals surface area contributed by atoms with Gasteiger partial charge in [0, 0.05) is 29.2 Å². The van der Waals surface area contributed by atoms with E-state index in [9.17, 15) is 4.79 Å². The summed E-state index contributed by atoms with van der Waals surface area (Å²) in [5.74, 6) is 2.54. The number of nitrogens with one attached hydrogen (secondary N) is 2. The number of benzene rings is 1. The van der Waals surface area contributed by atoms with Gasteiger partial charge < -0.3 is 15.1 Å². The second kappa shape index (κ2) is 6.45. The van der Waals surface area contributed by atoms with Gasteiger partial charge in [0.25, 0.3) is 0 Å². The van der Waals surface area contributed by atoms with Crippen LogP contribution in [0, 0.1) is 24.7 Å². The third-order valence-corrected chi connectivity index (χ3v) is 6.22. The van der Waals surface area contributed by atoms with Crippen LogP contribution in [0.4, 0.5) is 5.69 Å². The Morgan fingerprint density at radius 3 is 2.84 bits per heavy atom. The fourth-order valence-electron chi connectivity index (χ4n) is 4.79. The summed E-state index contributed by atoms with van der Waals surface area (Å²) < 4.78 is 5.30. The summed E-state index contributed by atoms with van der Waals surface area (Å²) in [6.07, 6.45) is 5.53. The lowest BCUT2D eigenvalue weighted by Crippen LogP contribution is -2.42. The van der Waals surface area contributed by atoms with Gasteiger partial charge in [0.05, 0.1) is 0 Å². The Hall–Kier alpha value is -1.88. The first kappa shape index (κ1) is 16.6. The molecule has 0 spiro atoms. The van der Waals surface area contributed by atoms with Crippen LogP contribution < -0.4 is 16.3 Å². The largest absolute Gasteiger partial charge is 0.423 e. The smallest absolute Gasteiger partial charge is 0.336 e. The highest BCUT2D eigenvalue weighted by Crippen LogP contribution is 2.49. The topological polar surface area (TPSA) is 54.3 Å². The summed E-state index contributed by atoms with van der Waals surface area (Å²) in [5, 5.41) is 8.26. The van der Waals surface area contributed by atoms with E-state index in [0.717, 1.165) is 34.4 Å². The molecule has 5 heteroatoms. The second-order valence-corrected chi connectivity index (χ2v) is 8.09. The average molecular weight is 356 g/mol.